The number of hydrogen-bond acceptors (Lipinski definition) is 7. The molecule has 2 aromatic rings. The molecule has 25 heavy (non-hydrogen) atoms. The molecular weight excluding hydrogens is 320 g/mol. The van der Waals surface area contributed by atoms with E-state index < -0.39 is 0 Å². The van der Waals surface area contributed by atoms with Gasteiger partial charge in [0.05, 0.1) is 25.5 Å². The highest BCUT2D eigenvalue weighted by molar-refractivity contribution is 5.90. The van der Waals surface area contributed by atoms with Crippen LogP contribution in [0.3, 0.4) is 0 Å². The van der Waals surface area contributed by atoms with Gasteiger partial charge < -0.3 is 19.7 Å². The van der Waals surface area contributed by atoms with E-state index in [2.05, 4.69) is 20.2 Å². The van der Waals surface area contributed by atoms with E-state index in [4.69, 9.17) is 9.47 Å². The largest absolute Gasteiger partial charge is 0.495 e. The quantitative estimate of drug-likeness (QED) is 0.836. The van der Waals surface area contributed by atoms with Crippen molar-refractivity contribution in [2.24, 2.45) is 0 Å². The summed E-state index contributed by atoms with van der Waals surface area (Å²) in [7, 11) is 2.98. The van der Waals surface area contributed by atoms with Gasteiger partial charge in [0.1, 0.15) is 5.75 Å². The summed E-state index contributed by atoms with van der Waals surface area (Å²) in [4.78, 5) is 22.4. The average Bonchev–Trinajstić information content (AvgIpc) is 2.68. The number of nitrogens with one attached hydrogen (secondary N) is 1. The predicted molar refractivity (Wildman–Crippen MR) is 95.2 cm³/mol. The van der Waals surface area contributed by atoms with Crippen LogP contribution in [0, 0.1) is 0 Å². The van der Waals surface area contributed by atoms with E-state index in [-0.39, 0.29) is 5.97 Å². The van der Waals surface area contributed by atoms with Crippen LogP contribution in [0.5, 0.6) is 5.75 Å². The van der Waals surface area contributed by atoms with Gasteiger partial charge in [-0.1, -0.05) is 0 Å². The van der Waals surface area contributed by atoms with Crippen LogP contribution in [0.1, 0.15) is 23.2 Å². The SMILES string of the molecule is COC(=O)c1ccc(N2CCC(Nc3ncccn3)CC2)c(OC)c1. The van der Waals surface area contributed by atoms with Gasteiger partial charge in [-0.15, -0.1) is 0 Å². The smallest absolute Gasteiger partial charge is 0.337 e. The Morgan fingerprint density at radius 3 is 2.56 bits per heavy atom. The number of hydrogen-bond donors (Lipinski definition) is 1. The first-order chi connectivity index (χ1) is 12.2. The average molecular weight is 342 g/mol. The van der Waals surface area contributed by atoms with Gasteiger partial charge in [-0.2, -0.15) is 0 Å². The Hall–Kier alpha value is -2.83. The van der Waals surface area contributed by atoms with E-state index in [1.165, 1.54) is 7.11 Å². The van der Waals surface area contributed by atoms with Crippen molar-refractivity contribution in [2.45, 2.75) is 18.9 Å². The summed E-state index contributed by atoms with van der Waals surface area (Å²) in [6.07, 6.45) is 5.41. The maximum atomic E-state index is 11.7. The normalized spacial score (nSPS) is 14.9. The van der Waals surface area contributed by atoms with E-state index in [0.717, 1.165) is 31.6 Å². The Morgan fingerprint density at radius 2 is 1.92 bits per heavy atom. The Labute approximate surface area is 147 Å². The van der Waals surface area contributed by atoms with Crippen LogP contribution in [0.15, 0.2) is 36.7 Å². The van der Waals surface area contributed by atoms with Crippen molar-refractivity contribution >= 4 is 17.6 Å². The fourth-order valence-corrected chi connectivity index (χ4v) is 3.00. The lowest BCUT2D eigenvalue weighted by atomic mass is 10.0. The lowest BCUT2D eigenvalue weighted by molar-refractivity contribution is 0.0600. The molecule has 0 radical (unpaired) electrons. The van der Waals surface area contributed by atoms with Crippen molar-refractivity contribution in [1.82, 2.24) is 9.97 Å². The number of carbonyl (C=O) groups is 1. The second-order valence-corrected chi connectivity index (χ2v) is 5.86. The Bertz CT molecular complexity index is 716. The van der Waals surface area contributed by atoms with Crippen molar-refractivity contribution in [3.8, 4) is 5.75 Å². The number of methoxy groups -OCH3 is 2. The van der Waals surface area contributed by atoms with Crippen LogP contribution in [-0.2, 0) is 4.74 Å². The van der Waals surface area contributed by atoms with Crippen molar-refractivity contribution in [1.29, 1.82) is 0 Å². The van der Waals surface area contributed by atoms with Crippen molar-refractivity contribution in [3.05, 3.63) is 42.2 Å². The number of benzene rings is 1. The van der Waals surface area contributed by atoms with E-state index >= 15 is 0 Å². The van der Waals surface area contributed by atoms with Crippen LogP contribution in [0.25, 0.3) is 0 Å². The minimum atomic E-state index is -0.365. The summed E-state index contributed by atoms with van der Waals surface area (Å²) < 4.78 is 10.2. The van der Waals surface area contributed by atoms with Crippen molar-refractivity contribution < 1.29 is 14.3 Å². The molecule has 0 aliphatic carbocycles. The molecule has 0 spiro atoms. The lowest BCUT2D eigenvalue weighted by Crippen LogP contribution is -2.39. The Morgan fingerprint density at radius 1 is 1.20 bits per heavy atom. The first kappa shape index (κ1) is 17.0. The Kier molecular flexibility index (Phi) is 5.33. The third-order valence-electron chi connectivity index (χ3n) is 4.34. The van der Waals surface area contributed by atoms with Gasteiger partial charge in [0.2, 0.25) is 5.95 Å². The zero-order valence-corrected chi connectivity index (χ0v) is 14.4. The number of rotatable bonds is 5. The highest BCUT2D eigenvalue weighted by Gasteiger charge is 2.22. The van der Waals surface area contributed by atoms with Crippen LogP contribution in [0.2, 0.25) is 0 Å². The summed E-state index contributed by atoms with van der Waals surface area (Å²) in [6, 6.07) is 7.56. The van der Waals surface area contributed by atoms with Crippen molar-refractivity contribution in [2.75, 3.05) is 37.5 Å². The monoisotopic (exact) mass is 342 g/mol. The topological polar surface area (TPSA) is 76.6 Å². The molecule has 0 bridgehead atoms. The number of carbonyl (C=O) groups excluding carboxylic acids is 1. The van der Waals surface area contributed by atoms with Crippen LogP contribution >= 0.6 is 0 Å². The van der Waals surface area contributed by atoms with E-state index in [1.807, 2.05) is 6.07 Å². The summed E-state index contributed by atoms with van der Waals surface area (Å²) >= 11 is 0. The van der Waals surface area contributed by atoms with Gasteiger partial charge in [0.15, 0.2) is 0 Å². The van der Waals surface area contributed by atoms with Gasteiger partial charge in [-0.3, -0.25) is 0 Å². The third kappa shape index (κ3) is 3.99. The first-order valence-corrected chi connectivity index (χ1v) is 8.26. The molecule has 1 aliphatic rings. The molecule has 0 amide bonds. The summed E-state index contributed by atoms with van der Waals surface area (Å²) in [6.45, 7) is 1.77. The van der Waals surface area contributed by atoms with E-state index in [0.29, 0.717) is 23.3 Å². The number of esters is 1. The summed E-state index contributed by atoms with van der Waals surface area (Å²) in [5, 5.41) is 3.37. The number of aromatic nitrogens is 2. The van der Waals surface area contributed by atoms with Crippen molar-refractivity contribution in [3.63, 3.8) is 0 Å². The molecule has 1 aliphatic heterocycles. The molecule has 1 aromatic heterocycles. The number of anilines is 2. The lowest BCUT2D eigenvalue weighted by Gasteiger charge is -2.34. The second-order valence-electron chi connectivity index (χ2n) is 5.86. The molecule has 0 atom stereocenters. The fourth-order valence-electron chi connectivity index (χ4n) is 3.00. The molecule has 1 saturated heterocycles. The zero-order chi connectivity index (χ0) is 17.6. The molecule has 7 nitrogen and oxygen atoms in total. The standard InChI is InChI=1S/C18H22N4O3/c1-24-16-12-13(17(23)25-2)4-5-15(16)22-10-6-14(7-11-22)21-18-19-8-3-9-20-18/h3-5,8-9,12,14H,6-7,10-11H2,1-2H3,(H,19,20,21). The molecule has 0 unspecified atom stereocenters. The molecule has 1 aromatic carbocycles. The highest BCUT2D eigenvalue weighted by atomic mass is 16.5. The molecule has 1 fully saturated rings. The minimum Gasteiger partial charge on any atom is -0.495 e. The van der Waals surface area contributed by atoms with Gasteiger partial charge in [-0.25, -0.2) is 14.8 Å². The fraction of sp³-hybridized carbons (Fsp3) is 0.389. The number of nitrogens with zero attached hydrogens (tertiary/aromatic N) is 3. The molecule has 0 saturated carbocycles. The molecule has 132 valence electrons. The molecule has 1 N–H and O–H groups in total. The number of ether oxygens (including phenoxy) is 2. The maximum Gasteiger partial charge on any atom is 0.337 e. The second kappa shape index (κ2) is 7.83. The number of piperidine rings is 1. The molecule has 3 rings (SSSR count). The molecule has 2 heterocycles. The molecule has 7 heteroatoms. The summed E-state index contributed by atoms with van der Waals surface area (Å²) in [5.74, 6) is 0.984. The predicted octanol–water partition coefficient (Wildman–Crippen LogP) is 2.35. The van der Waals surface area contributed by atoms with E-state index in [1.54, 1.807) is 37.7 Å². The van der Waals surface area contributed by atoms with Crippen LogP contribution < -0.4 is 15.0 Å². The third-order valence-corrected chi connectivity index (χ3v) is 4.34. The van der Waals surface area contributed by atoms with Crippen LogP contribution in [-0.4, -0.2) is 49.3 Å². The Balaban J connectivity index is 1.65. The molecular formula is C18H22N4O3. The van der Waals surface area contributed by atoms with Gasteiger partial charge in [-0.05, 0) is 37.1 Å². The van der Waals surface area contributed by atoms with Gasteiger partial charge >= 0.3 is 5.97 Å². The van der Waals surface area contributed by atoms with E-state index in [9.17, 15) is 4.79 Å². The first-order valence-electron chi connectivity index (χ1n) is 8.26. The minimum absolute atomic E-state index is 0.346. The highest BCUT2D eigenvalue weighted by Crippen LogP contribution is 2.32. The van der Waals surface area contributed by atoms with Gasteiger partial charge in [0.25, 0.3) is 0 Å². The zero-order valence-electron chi connectivity index (χ0n) is 14.4. The van der Waals surface area contributed by atoms with Crippen LogP contribution in [0.4, 0.5) is 11.6 Å². The van der Waals surface area contributed by atoms with Gasteiger partial charge in [0, 0.05) is 31.5 Å². The maximum absolute atomic E-state index is 11.7. The summed E-state index contributed by atoms with van der Waals surface area (Å²) in [5.41, 5.74) is 1.48.